The molecule has 11 heteroatoms. The standard InChI is InChI=1S/C24H30N4O7/c1-14(25)21(31)26-18(11-16-7-9-17(30)10-8-16)22(32)28-20(13-29)23(33)27-19(24(34)35)12-15-5-3-2-4-6-15/h2-10,14,18-20,29-30H,11-13,25H2,1H3,(H,26,31)(H,27,33)(H,28,32)(H,34,35). The third kappa shape index (κ3) is 8.72. The number of aliphatic carboxylic acids is 1. The van der Waals surface area contributed by atoms with Crippen LogP contribution in [0.15, 0.2) is 54.6 Å². The number of carboxylic acids is 1. The van der Waals surface area contributed by atoms with Crippen molar-refractivity contribution in [2.75, 3.05) is 6.61 Å². The van der Waals surface area contributed by atoms with Crippen molar-refractivity contribution in [1.29, 1.82) is 0 Å². The summed E-state index contributed by atoms with van der Waals surface area (Å²) in [6.45, 7) is 0.635. The molecule has 11 nitrogen and oxygen atoms in total. The van der Waals surface area contributed by atoms with Gasteiger partial charge in [-0.1, -0.05) is 42.5 Å². The van der Waals surface area contributed by atoms with Gasteiger partial charge in [0.2, 0.25) is 17.7 Å². The average molecular weight is 487 g/mol. The zero-order valence-corrected chi connectivity index (χ0v) is 19.2. The molecule has 2 aromatic carbocycles. The molecule has 4 unspecified atom stereocenters. The first-order valence-corrected chi connectivity index (χ1v) is 10.9. The molecule has 0 saturated heterocycles. The number of phenolic OH excluding ortho intramolecular Hbond substituents is 1. The first-order chi connectivity index (χ1) is 16.6. The molecule has 3 amide bonds. The Bertz CT molecular complexity index is 1010. The first-order valence-electron chi connectivity index (χ1n) is 10.9. The predicted octanol–water partition coefficient (Wildman–Crippen LogP) is -0.944. The van der Waals surface area contributed by atoms with Crippen LogP contribution in [0.1, 0.15) is 18.1 Å². The third-order valence-electron chi connectivity index (χ3n) is 5.14. The maximum atomic E-state index is 12.9. The fraction of sp³-hybridized carbons (Fsp3) is 0.333. The summed E-state index contributed by atoms with van der Waals surface area (Å²) in [6.07, 6.45) is 0.0119. The van der Waals surface area contributed by atoms with Crippen molar-refractivity contribution >= 4 is 23.7 Å². The zero-order valence-electron chi connectivity index (χ0n) is 19.2. The van der Waals surface area contributed by atoms with Crippen LogP contribution in [0.4, 0.5) is 0 Å². The van der Waals surface area contributed by atoms with Crippen LogP contribution in [0.25, 0.3) is 0 Å². The predicted molar refractivity (Wildman–Crippen MR) is 126 cm³/mol. The fourth-order valence-corrected chi connectivity index (χ4v) is 3.17. The number of hydrogen-bond donors (Lipinski definition) is 7. The number of carbonyl (C=O) groups is 4. The summed E-state index contributed by atoms with van der Waals surface area (Å²) < 4.78 is 0. The van der Waals surface area contributed by atoms with E-state index >= 15 is 0 Å². The highest BCUT2D eigenvalue weighted by Crippen LogP contribution is 2.12. The fourth-order valence-electron chi connectivity index (χ4n) is 3.17. The van der Waals surface area contributed by atoms with E-state index in [1.165, 1.54) is 19.1 Å². The highest BCUT2D eigenvalue weighted by Gasteiger charge is 2.30. The molecule has 2 rings (SSSR count). The van der Waals surface area contributed by atoms with E-state index in [9.17, 15) is 34.5 Å². The summed E-state index contributed by atoms with van der Waals surface area (Å²) in [7, 11) is 0. The van der Waals surface area contributed by atoms with Crippen LogP contribution in [0.5, 0.6) is 5.75 Å². The summed E-state index contributed by atoms with van der Waals surface area (Å²) in [5, 5.41) is 35.8. The largest absolute Gasteiger partial charge is 0.508 e. The van der Waals surface area contributed by atoms with Gasteiger partial charge in [0.1, 0.15) is 23.9 Å². The Balaban J connectivity index is 2.11. The van der Waals surface area contributed by atoms with E-state index in [0.29, 0.717) is 11.1 Å². The summed E-state index contributed by atoms with van der Waals surface area (Å²) in [6, 6.07) is 9.80. The van der Waals surface area contributed by atoms with Crippen LogP contribution in [0.2, 0.25) is 0 Å². The molecule has 0 fully saturated rings. The van der Waals surface area contributed by atoms with Crippen molar-refractivity contribution in [3.05, 3.63) is 65.7 Å². The average Bonchev–Trinajstić information content (AvgIpc) is 2.83. The van der Waals surface area contributed by atoms with Crippen LogP contribution >= 0.6 is 0 Å². The maximum absolute atomic E-state index is 12.9. The molecule has 8 N–H and O–H groups in total. The Kier molecular flexibility index (Phi) is 10.2. The van der Waals surface area contributed by atoms with Crippen molar-refractivity contribution in [2.45, 2.75) is 43.9 Å². The Morgan fingerprint density at radius 3 is 1.80 bits per heavy atom. The van der Waals surface area contributed by atoms with Gasteiger partial charge >= 0.3 is 5.97 Å². The van der Waals surface area contributed by atoms with E-state index in [1.54, 1.807) is 42.5 Å². The number of rotatable bonds is 12. The lowest BCUT2D eigenvalue weighted by Gasteiger charge is -2.24. The van der Waals surface area contributed by atoms with Crippen LogP contribution in [0.3, 0.4) is 0 Å². The molecule has 0 radical (unpaired) electrons. The van der Waals surface area contributed by atoms with Crippen molar-refractivity contribution in [3.8, 4) is 5.75 Å². The number of aromatic hydroxyl groups is 1. The molecule has 0 aromatic heterocycles. The minimum Gasteiger partial charge on any atom is -0.508 e. The van der Waals surface area contributed by atoms with Gasteiger partial charge in [0.25, 0.3) is 0 Å². The van der Waals surface area contributed by atoms with Gasteiger partial charge in [0, 0.05) is 12.8 Å². The molecule has 0 bridgehead atoms. The molecule has 0 saturated carbocycles. The Hall–Kier alpha value is -3.96. The second-order valence-electron chi connectivity index (χ2n) is 8.05. The van der Waals surface area contributed by atoms with E-state index < -0.39 is 54.5 Å². The number of aliphatic hydroxyl groups excluding tert-OH is 1. The smallest absolute Gasteiger partial charge is 0.326 e. The lowest BCUT2D eigenvalue weighted by molar-refractivity contribution is -0.142. The molecular weight excluding hydrogens is 456 g/mol. The molecule has 188 valence electrons. The monoisotopic (exact) mass is 486 g/mol. The molecule has 35 heavy (non-hydrogen) atoms. The summed E-state index contributed by atoms with van der Waals surface area (Å²) >= 11 is 0. The van der Waals surface area contributed by atoms with Crippen LogP contribution in [-0.2, 0) is 32.0 Å². The van der Waals surface area contributed by atoms with Crippen LogP contribution in [0, 0.1) is 0 Å². The summed E-state index contributed by atoms with van der Waals surface area (Å²) in [5.74, 6) is -3.54. The van der Waals surface area contributed by atoms with Gasteiger partial charge in [-0.15, -0.1) is 0 Å². The van der Waals surface area contributed by atoms with Crippen molar-refractivity contribution in [2.24, 2.45) is 5.73 Å². The normalized spacial score (nSPS) is 14.1. The van der Waals surface area contributed by atoms with Gasteiger partial charge in [-0.3, -0.25) is 14.4 Å². The van der Waals surface area contributed by atoms with Crippen molar-refractivity contribution in [3.63, 3.8) is 0 Å². The molecule has 0 aliphatic heterocycles. The minimum atomic E-state index is -1.46. The number of carboxylic acid groups (broad SMARTS) is 1. The molecule has 2 aromatic rings. The second kappa shape index (κ2) is 13.1. The number of aliphatic hydroxyl groups is 1. The van der Waals surface area contributed by atoms with E-state index in [4.69, 9.17) is 5.73 Å². The second-order valence-corrected chi connectivity index (χ2v) is 8.05. The molecular formula is C24H30N4O7. The van der Waals surface area contributed by atoms with E-state index in [2.05, 4.69) is 16.0 Å². The third-order valence-corrected chi connectivity index (χ3v) is 5.14. The molecule has 0 spiro atoms. The number of nitrogens with two attached hydrogens (primary N) is 1. The Morgan fingerprint density at radius 1 is 0.771 bits per heavy atom. The number of carbonyl (C=O) groups excluding carboxylic acids is 3. The lowest BCUT2D eigenvalue weighted by atomic mass is 10.0. The molecule has 4 atom stereocenters. The number of amides is 3. The van der Waals surface area contributed by atoms with Crippen molar-refractivity contribution < 1.29 is 34.5 Å². The highest BCUT2D eigenvalue weighted by molar-refractivity contribution is 5.94. The first kappa shape index (κ1) is 27.3. The summed E-state index contributed by atoms with van der Waals surface area (Å²) in [5.41, 5.74) is 6.86. The van der Waals surface area contributed by atoms with Crippen LogP contribution in [-0.4, -0.2) is 69.8 Å². The minimum absolute atomic E-state index is 0.00192. The quantitative estimate of drug-likeness (QED) is 0.200. The van der Waals surface area contributed by atoms with Gasteiger partial charge in [0.05, 0.1) is 12.6 Å². The zero-order chi connectivity index (χ0) is 26.0. The number of hydrogen-bond acceptors (Lipinski definition) is 7. The topological polar surface area (TPSA) is 191 Å². The highest BCUT2D eigenvalue weighted by atomic mass is 16.4. The summed E-state index contributed by atoms with van der Waals surface area (Å²) in [4.78, 5) is 49.4. The van der Waals surface area contributed by atoms with Gasteiger partial charge in [0.15, 0.2) is 0 Å². The SMILES string of the molecule is CC(N)C(=O)NC(Cc1ccc(O)cc1)C(=O)NC(CO)C(=O)NC(Cc1ccccc1)C(=O)O. The van der Waals surface area contributed by atoms with E-state index in [1.807, 2.05) is 0 Å². The number of nitrogens with one attached hydrogen (secondary N) is 3. The van der Waals surface area contributed by atoms with Gasteiger partial charge < -0.3 is 37.0 Å². The molecule has 0 aliphatic rings. The molecule has 0 aliphatic carbocycles. The van der Waals surface area contributed by atoms with E-state index in [-0.39, 0.29) is 18.6 Å². The Labute approximate surface area is 202 Å². The maximum Gasteiger partial charge on any atom is 0.326 e. The van der Waals surface area contributed by atoms with Gasteiger partial charge in [-0.2, -0.15) is 0 Å². The van der Waals surface area contributed by atoms with Crippen LogP contribution < -0.4 is 21.7 Å². The lowest BCUT2D eigenvalue weighted by Crippen LogP contribution is -2.58. The van der Waals surface area contributed by atoms with Gasteiger partial charge in [-0.05, 0) is 30.2 Å². The number of benzene rings is 2. The Morgan fingerprint density at radius 2 is 1.26 bits per heavy atom. The number of phenols is 1. The van der Waals surface area contributed by atoms with E-state index in [0.717, 1.165) is 0 Å². The van der Waals surface area contributed by atoms with Crippen molar-refractivity contribution in [1.82, 2.24) is 16.0 Å². The van der Waals surface area contributed by atoms with Gasteiger partial charge in [-0.25, -0.2) is 4.79 Å². The molecule has 0 heterocycles.